The zero-order chi connectivity index (χ0) is 16.6. The van der Waals surface area contributed by atoms with Crippen LogP contribution in [0.3, 0.4) is 0 Å². The molecule has 23 heavy (non-hydrogen) atoms. The van der Waals surface area contributed by atoms with Crippen molar-refractivity contribution in [1.82, 2.24) is 5.32 Å². The average molecular weight is 354 g/mol. The monoisotopic (exact) mass is 353 g/mol. The molecule has 0 rings (SSSR count). The molecule has 0 aromatic carbocycles. The van der Waals surface area contributed by atoms with Crippen LogP contribution in [-0.4, -0.2) is 29.6 Å². The van der Waals surface area contributed by atoms with E-state index in [1.165, 1.54) is 51.4 Å². The van der Waals surface area contributed by atoms with Gasteiger partial charge < -0.3 is 20.3 Å². The van der Waals surface area contributed by atoms with Gasteiger partial charge in [-0.2, -0.15) is 0 Å². The van der Waals surface area contributed by atoms with Crippen molar-refractivity contribution in [3.05, 3.63) is 0 Å². The molecular weight excluding hydrogens is 321 g/mol. The van der Waals surface area contributed by atoms with Crippen molar-refractivity contribution in [2.45, 2.75) is 90.0 Å². The van der Waals surface area contributed by atoms with E-state index >= 15 is 0 Å². The summed E-state index contributed by atoms with van der Waals surface area (Å²) in [6, 6.07) is -0.852. The molecule has 0 saturated heterocycles. The minimum absolute atomic E-state index is 0. The van der Waals surface area contributed by atoms with Crippen LogP contribution >= 0.6 is 0 Å². The molecule has 6 heteroatoms. The van der Waals surface area contributed by atoms with Crippen LogP contribution in [0.4, 0.5) is 0 Å². The third-order valence-electron chi connectivity index (χ3n) is 3.85. The molecular formula is C17H32KNO4. The van der Waals surface area contributed by atoms with E-state index in [1.807, 2.05) is 0 Å². The number of hydrogen-bond donors (Lipinski definition) is 2. The van der Waals surface area contributed by atoms with Crippen LogP contribution < -0.4 is 61.8 Å². The Morgan fingerprint density at radius 3 is 1.87 bits per heavy atom. The first-order valence-electron chi connectivity index (χ1n) is 8.74. The molecule has 0 aliphatic heterocycles. The number of nitrogens with one attached hydrogen (secondary N) is 1. The molecule has 0 radical (unpaired) electrons. The number of unbranched alkanes of at least 4 members (excludes halogenated alkanes) is 9. The van der Waals surface area contributed by atoms with Crippen molar-refractivity contribution in [3.63, 3.8) is 0 Å². The number of carbonyl (C=O) groups excluding carboxylic acids is 1. The third-order valence-corrected chi connectivity index (χ3v) is 3.85. The fourth-order valence-electron chi connectivity index (χ4n) is 2.46. The van der Waals surface area contributed by atoms with Crippen LogP contribution in [0, 0.1) is 0 Å². The molecule has 0 unspecified atom stereocenters. The van der Waals surface area contributed by atoms with Gasteiger partial charge in [-0.15, -0.1) is 0 Å². The quantitative estimate of drug-likeness (QED) is 0.288. The van der Waals surface area contributed by atoms with Gasteiger partial charge in [-0.1, -0.05) is 64.7 Å². The molecule has 130 valence electrons. The Morgan fingerprint density at radius 1 is 0.957 bits per heavy atom. The Bertz CT molecular complexity index is 300. The van der Waals surface area contributed by atoms with Crippen LogP contribution in [0.1, 0.15) is 84.0 Å². The van der Waals surface area contributed by atoms with Crippen molar-refractivity contribution in [3.8, 4) is 0 Å². The Hall–Kier alpha value is 0.536. The van der Waals surface area contributed by atoms with Gasteiger partial charge >= 0.3 is 57.4 Å². The minimum Gasteiger partial charge on any atom is -0.548 e. The number of aliphatic carboxylic acids is 2. The molecule has 0 heterocycles. The van der Waals surface area contributed by atoms with Gasteiger partial charge in [0, 0.05) is 12.5 Å². The number of carbonyl (C=O) groups is 2. The van der Waals surface area contributed by atoms with E-state index in [2.05, 4.69) is 12.2 Å². The summed E-state index contributed by atoms with van der Waals surface area (Å²) in [7, 11) is 0. The first-order chi connectivity index (χ1) is 10.6. The van der Waals surface area contributed by atoms with Crippen LogP contribution in [0.25, 0.3) is 0 Å². The summed E-state index contributed by atoms with van der Waals surface area (Å²) in [6.45, 7) is 2.83. The maximum Gasteiger partial charge on any atom is 1.00 e. The number of rotatable bonds is 16. The summed E-state index contributed by atoms with van der Waals surface area (Å²) in [5.41, 5.74) is 0. The predicted molar refractivity (Wildman–Crippen MR) is 85.5 cm³/mol. The van der Waals surface area contributed by atoms with Gasteiger partial charge in [0.05, 0.1) is 5.97 Å². The molecule has 0 aromatic rings. The van der Waals surface area contributed by atoms with Crippen molar-refractivity contribution in [1.29, 1.82) is 0 Å². The molecule has 0 amide bonds. The summed E-state index contributed by atoms with van der Waals surface area (Å²) in [4.78, 5) is 21.3. The van der Waals surface area contributed by atoms with Gasteiger partial charge in [-0.3, -0.25) is 4.79 Å². The summed E-state index contributed by atoms with van der Waals surface area (Å²) >= 11 is 0. The maximum absolute atomic E-state index is 10.9. The molecule has 0 aliphatic carbocycles. The second-order valence-electron chi connectivity index (χ2n) is 5.94. The minimum atomic E-state index is -1.21. The molecule has 0 spiro atoms. The van der Waals surface area contributed by atoms with Gasteiger partial charge in [0.25, 0.3) is 0 Å². The molecule has 0 saturated carbocycles. The van der Waals surface area contributed by atoms with Crippen LogP contribution in [-0.2, 0) is 9.59 Å². The topological polar surface area (TPSA) is 89.5 Å². The van der Waals surface area contributed by atoms with E-state index in [9.17, 15) is 14.7 Å². The third kappa shape index (κ3) is 18.7. The van der Waals surface area contributed by atoms with Gasteiger partial charge in [-0.05, 0) is 19.4 Å². The molecule has 0 bridgehead atoms. The molecule has 1 atom stereocenters. The predicted octanol–water partition coefficient (Wildman–Crippen LogP) is -0.516. The van der Waals surface area contributed by atoms with E-state index < -0.39 is 18.0 Å². The number of carboxylic acid groups (broad SMARTS) is 2. The zero-order valence-corrected chi connectivity index (χ0v) is 18.1. The fraction of sp³-hybridized carbons (Fsp3) is 0.882. The van der Waals surface area contributed by atoms with E-state index in [0.29, 0.717) is 6.54 Å². The maximum atomic E-state index is 10.9. The zero-order valence-electron chi connectivity index (χ0n) is 14.9. The second kappa shape index (κ2) is 18.9. The van der Waals surface area contributed by atoms with Gasteiger partial charge in [0.15, 0.2) is 0 Å². The number of carboxylic acids is 2. The Morgan fingerprint density at radius 2 is 1.43 bits per heavy atom. The average Bonchev–Trinajstić information content (AvgIpc) is 2.47. The summed E-state index contributed by atoms with van der Waals surface area (Å²) in [5, 5.41) is 22.3. The van der Waals surface area contributed by atoms with Crippen molar-refractivity contribution in [2.24, 2.45) is 0 Å². The SMILES string of the molecule is CCCCCCCCCCCCN[C@@H](CCC(=O)O)C(=O)[O-].[K+]. The van der Waals surface area contributed by atoms with E-state index in [0.717, 1.165) is 12.8 Å². The first-order valence-corrected chi connectivity index (χ1v) is 8.74. The van der Waals surface area contributed by atoms with Crippen LogP contribution in [0.2, 0.25) is 0 Å². The Labute approximate surface area is 183 Å². The second-order valence-corrected chi connectivity index (χ2v) is 5.94. The molecule has 2 N–H and O–H groups in total. The fourth-order valence-corrected chi connectivity index (χ4v) is 2.46. The largest absolute Gasteiger partial charge is 1.00 e. The molecule has 0 aromatic heterocycles. The van der Waals surface area contributed by atoms with Crippen LogP contribution in [0.15, 0.2) is 0 Å². The van der Waals surface area contributed by atoms with Gasteiger partial charge in [0.2, 0.25) is 0 Å². The van der Waals surface area contributed by atoms with Gasteiger partial charge in [-0.25, -0.2) is 0 Å². The van der Waals surface area contributed by atoms with Crippen molar-refractivity contribution < 1.29 is 71.2 Å². The van der Waals surface area contributed by atoms with Crippen LogP contribution in [0.5, 0.6) is 0 Å². The summed E-state index contributed by atoms with van der Waals surface area (Å²) in [6.07, 6.45) is 12.3. The summed E-state index contributed by atoms with van der Waals surface area (Å²) < 4.78 is 0. The van der Waals surface area contributed by atoms with E-state index in [-0.39, 0.29) is 64.2 Å². The smallest absolute Gasteiger partial charge is 0.548 e. The molecule has 0 fully saturated rings. The van der Waals surface area contributed by atoms with E-state index in [4.69, 9.17) is 5.11 Å². The summed E-state index contributed by atoms with van der Waals surface area (Å²) in [5.74, 6) is -2.19. The van der Waals surface area contributed by atoms with Gasteiger partial charge in [0.1, 0.15) is 0 Å². The first kappa shape index (κ1) is 25.8. The standard InChI is InChI=1S/C17H33NO4.K/c1-2-3-4-5-6-7-8-9-10-11-14-18-15(17(21)22)12-13-16(19)20;/h15,18H,2-14H2,1H3,(H,19,20)(H,21,22);/q;+1/p-1/t15-;/m0./s1. The van der Waals surface area contributed by atoms with Crippen molar-refractivity contribution in [2.75, 3.05) is 6.54 Å². The Kier molecular flexibility index (Phi) is 21.1. The van der Waals surface area contributed by atoms with E-state index in [1.54, 1.807) is 0 Å². The molecule has 5 nitrogen and oxygen atoms in total. The normalized spacial score (nSPS) is 11.7. The Balaban J connectivity index is 0. The molecule has 0 aliphatic rings. The van der Waals surface area contributed by atoms with Crippen molar-refractivity contribution >= 4 is 11.9 Å². The number of hydrogen-bond acceptors (Lipinski definition) is 4.